The van der Waals surface area contributed by atoms with E-state index < -0.39 is 10.1 Å². The molecule has 0 unspecified atom stereocenters. The van der Waals surface area contributed by atoms with Gasteiger partial charge in [0.15, 0.2) is 0 Å². The second kappa shape index (κ2) is 13.5. The van der Waals surface area contributed by atoms with Crippen molar-refractivity contribution in [3.05, 3.63) is 42.0 Å². The van der Waals surface area contributed by atoms with Crippen LogP contribution in [0.3, 0.4) is 0 Å². The van der Waals surface area contributed by atoms with E-state index >= 15 is 0 Å². The maximum absolute atomic E-state index is 11.6. The SMILES string of the molecule is CCCCCCCCCCCCc1cc(S(=O)(=O)[O-])c2ccccc2c1.[K+]. The van der Waals surface area contributed by atoms with Crippen LogP contribution in [0.4, 0.5) is 0 Å². The maximum atomic E-state index is 11.6. The minimum absolute atomic E-state index is 0. The molecule has 3 nitrogen and oxygen atoms in total. The summed E-state index contributed by atoms with van der Waals surface area (Å²) in [7, 11) is -4.45. The first-order valence-corrected chi connectivity index (χ1v) is 11.4. The summed E-state index contributed by atoms with van der Waals surface area (Å²) in [5, 5.41) is 1.35. The molecule has 144 valence electrons. The molecule has 0 aliphatic rings. The molecule has 0 saturated carbocycles. The molecule has 27 heavy (non-hydrogen) atoms. The van der Waals surface area contributed by atoms with Gasteiger partial charge in [-0.25, -0.2) is 8.42 Å². The minimum Gasteiger partial charge on any atom is -0.744 e. The van der Waals surface area contributed by atoms with E-state index in [2.05, 4.69) is 6.92 Å². The zero-order valence-corrected chi connectivity index (χ0v) is 20.8. The second-order valence-electron chi connectivity index (χ2n) is 7.20. The summed E-state index contributed by atoms with van der Waals surface area (Å²) in [6.07, 6.45) is 13.6. The van der Waals surface area contributed by atoms with Crippen LogP contribution in [-0.4, -0.2) is 13.0 Å². The molecule has 0 N–H and O–H groups in total. The van der Waals surface area contributed by atoms with E-state index in [1.54, 1.807) is 18.2 Å². The van der Waals surface area contributed by atoms with Gasteiger partial charge in [0.2, 0.25) is 0 Å². The maximum Gasteiger partial charge on any atom is 1.00 e. The summed E-state index contributed by atoms with van der Waals surface area (Å²) >= 11 is 0. The average molecular weight is 415 g/mol. The Kier molecular flexibility index (Phi) is 12.6. The summed E-state index contributed by atoms with van der Waals surface area (Å²) in [4.78, 5) is -0.0855. The van der Waals surface area contributed by atoms with E-state index in [4.69, 9.17) is 0 Å². The smallest absolute Gasteiger partial charge is 0.744 e. The molecular formula is C22H31KO3S. The number of hydrogen-bond acceptors (Lipinski definition) is 3. The van der Waals surface area contributed by atoms with Crippen LogP contribution in [0.1, 0.15) is 76.7 Å². The molecule has 0 heterocycles. The predicted molar refractivity (Wildman–Crippen MR) is 107 cm³/mol. The summed E-state index contributed by atoms with van der Waals surface area (Å²) in [6, 6.07) is 10.8. The largest absolute Gasteiger partial charge is 1.00 e. The van der Waals surface area contributed by atoms with Crippen LogP contribution in [-0.2, 0) is 16.5 Å². The fourth-order valence-corrected chi connectivity index (χ4v) is 4.25. The molecule has 0 atom stereocenters. The zero-order valence-electron chi connectivity index (χ0n) is 16.9. The van der Waals surface area contributed by atoms with Crippen LogP contribution in [0.15, 0.2) is 41.3 Å². The van der Waals surface area contributed by atoms with Gasteiger partial charge in [0.1, 0.15) is 10.1 Å². The molecule has 5 heteroatoms. The Morgan fingerprint density at radius 1 is 0.815 bits per heavy atom. The van der Waals surface area contributed by atoms with Gasteiger partial charge in [-0.15, -0.1) is 0 Å². The van der Waals surface area contributed by atoms with Gasteiger partial charge in [0.25, 0.3) is 0 Å². The fraction of sp³-hybridized carbons (Fsp3) is 0.545. The molecule has 0 saturated heterocycles. The number of rotatable bonds is 12. The van der Waals surface area contributed by atoms with Gasteiger partial charge in [-0.05, 0) is 35.2 Å². The first kappa shape index (κ1) is 25.3. The summed E-state index contributed by atoms with van der Waals surface area (Å²) in [5.74, 6) is 0. The van der Waals surface area contributed by atoms with Crippen LogP contribution in [0.5, 0.6) is 0 Å². The van der Waals surface area contributed by atoms with E-state index in [0.717, 1.165) is 30.2 Å². The molecule has 0 radical (unpaired) electrons. The standard InChI is InChI=1S/C22H32O3S.K/c1-2-3-4-5-6-7-8-9-10-11-14-19-17-20-15-12-13-16-21(20)22(18-19)26(23,24)25;/h12-13,15-18H,2-11,14H2,1H3,(H,23,24,25);/q;+1/p-1. The third-order valence-corrected chi connectivity index (χ3v) is 5.85. The molecule has 0 amide bonds. The van der Waals surface area contributed by atoms with E-state index in [1.165, 1.54) is 51.4 Å². The van der Waals surface area contributed by atoms with Crippen molar-refractivity contribution in [3.8, 4) is 0 Å². The van der Waals surface area contributed by atoms with Gasteiger partial charge in [0.05, 0.1) is 4.90 Å². The Balaban J connectivity index is 0.00000364. The van der Waals surface area contributed by atoms with Crippen molar-refractivity contribution in [3.63, 3.8) is 0 Å². The first-order chi connectivity index (χ1) is 12.5. The van der Waals surface area contributed by atoms with Crippen LogP contribution < -0.4 is 51.4 Å². The first-order valence-electron chi connectivity index (χ1n) is 10.00. The van der Waals surface area contributed by atoms with Crippen molar-refractivity contribution >= 4 is 20.9 Å². The third-order valence-electron chi connectivity index (χ3n) is 4.97. The molecule has 0 aliphatic heterocycles. The molecule has 0 aromatic heterocycles. The second-order valence-corrected chi connectivity index (χ2v) is 8.55. The van der Waals surface area contributed by atoms with Crippen molar-refractivity contribution in [2.45, 2.75) is 82.4 Å². The van der Waals surface area contributed by atoms with Crippen molar-refractivity contribution in [1.82, 2.24) is 0 Å². The van der Waals surface area contributed by atoms with E-state index in [-0.39, 0.29) is 56.3 Å². The Hall–Kier alpha value is 0.246. The van der Waals surface area contributed by atoms with E-state index in [1.807, 2.05) is 18.2 Å². The van der Waals surface area contributed by atoms with Gasteiger partial charge in [-0.1, -0.05) is 95.0 Å². The average Bonchev–Trinajstić information content (AvgIpc) is 2.62. The normalized spacial score (nSPS) is 11.5. The van der Waals surface area contributed by atoms with Crippen LogP contribution in [0.2, 0.25) is 0 Å². The molecular weight excluding hydrogens is 383 g/mol. The van der Waals surface area contributed by atoms with E-state index in [9.17, 15) is 13.0 Å². The van der Waals surface area contributed by atoms with Gasteiger partial charge < -0.3 is 4.55 Å². The Labute approximate surface area is 207 Å². The number of aryl methyl sites for hydroxylation is 1. The molecule has 0 aliphatic carbocycles. The summed E-state index contributed by atoms with van der Waals surface area (Å²) in [6.45, 7) is 2.24. The predicted octanol–water partition coefficient (Wildman–Crippen LogP) is 3.21. The van der Waals surface area contributed by atoms with Crippen molar-refractivity contribution in [2.24, 2.45) is 0 Å². The topological polar surface area (TPSA) is 57.2 Å². The summed E-state index contributed by atoms with van der Waals surface area (Å²) in [5.41, 5.74) is 0.942. The Morgan fingerprint density at radius 3 is 1.96 bits per heavy atom. The van der Waals surface area contributed by atoms with E-state index in [0.29, 0.717) is 5.39 Å². The minimum atomic E-state index is -4.45. The number of benzene rings is 2. The van der Waals surface area contributed by atoms with Gasteiger partial charge in [-0.2, -0.15) is 0 Å². The monoisotopic (exact) mass is 414 g/mol. The zero-order chi connectivity index (χ0) is 18.8. The fourth-order valence-electron chi connectivity index (χ4n) is 3.50. The Morgan fingerprint density at radius 2 is 1.37 bits per heavy atom. The number of hydrogen-bond donors (Lipinski definition) is 0. The van der Waals surface area contributed by atoms with Crippen LogP contribution in [0, 0.1) is 0 Å². The molecule has 2 rings (SSSR count). The summed E-state index contributed by atoms with van der Waals surface area (Å²) < 4.78 is 34.8. The molecule has 2 aromatic rings. The van der Waals surface area contributed by atoms with Crippen LogP contribution >= 0.6 is 0 Å². The van der Waals surface area contributed by atoms with Crippen molar-refractivity contribution in [1.29, 1.82) is 0 Å². The molecule has 0 spiro atoms. The molecule has 0 bridgehead atoms. The Bertz CT molecular complexity index is 787. The number of unbranched alkanes of at least 4 members (excludes halogenated alkanes) is 9. The van der Waals surface area contributed by atoms with Crippen molar-refractivity contribution in [2.75, 3.05) is 0 Å². The van der Waals surface area contributed by atoms with Crippen molar-refractivity contribution < 1.29 is 64.4 Å². The van der Waals surface area contributed by atoms with Crippen LogP contribution in [0.25, 0.3) is 10.8 Å². The third kappa shape index (κ3) is 9.07. The van der Waals surface area contributed by atoms with Gasteiger partial charge in [-0.3, -0.25) is 0 Å². The molecule has 2 aromatic carbocycles. The van der Waals surface area contributed by atoms with Gasteiger partial charge >= 0.3 is 51.4 Å². The molecule has 0 fully saturated rings. The quantitative estimate of drug-likeness (QED) is 0.304. The van der Waals surface area contributed by atoms with Gasteiger partial charge in [0, 0.05) is 0 Å². The number of fused-ring (bicyclic) bond motifs is 1.